The maximum Gasteiger partial charge on any atom is 0.231 e. The smallest absolute Gasteiger partial charge is 0.231 e. The van der Waals surface area contributed by atoms with Crippen molar-refractivity contribution in [2.75, 3.05) is 31.3 Å². The van der Waals surface area contributed by atoms with Crippen molar-refractivity contribution in [3.8, 4) is 11.1 Å². The highest BCUT2D eigenvalue weighted by atomic mass is 32.2. The summed E-state index contributed by atoms with van der Waals surface area (Å²) in [5, 5.41) is 15.2. The number of thioether (sulfide) groups is 1. The highest BCUT2D eigenvalue weighted by Gasteiger charge is 2.29. The molecule has 0 unspecified atom stereocenters. The Labute approximate surface area is 171 Å². The van der Waals surface area contributed by atoms with Gasteiger partial charge >= 0.3 is 0 Å². The second-order valence-electron chi connectivity index (χ2n) is 6.26. The number of nitrogens with zero attached hydrogens (tertiary/aromatic N) is 2. The van der Waals surface area contributed by atoms with Crippen molar-refractivity contribution in [3.05, 3.63) is 59.7 Å². The zero-order valence-corrected chi connectivity index (χ0v) is 17.0. The summed E-state index contributed by atoms with van der Waals surface area (Å²) >= 11 is 2.84. The van der Waals surface area contributed by atoms with E-state index in [0.717, 1.165) is 20.6 Å². The number of carbonyl (C=O) groups is 1. The molecule has 144 valence electrons. The zero-order chi connectivity index (χ0) is 19.3. The predicted octanol–water partition coefficient (Wildman–Crippen LogP) is 3.57. The van der Waals surface area contributed by atoms with Crippen molar-refractivity contribution >= 4 is 34.1 Å². The van der Waals surface area contributed by atoms with Gasteiger partial charge in [0.15, 0.2) is 4.34 Å². The summed E-state index contributed by atoms with van der Waals surface area (Å²) in [4.78, 5) is 12.6. The first-order chi connectivity index (χ1) is 13.8. The number of nitrogens with one attached hydrogen (secondary N) is 2. The molecule has 0 spiro atoms. The van der Waals surface area contributed by atoms with Crippen LogP contribution in [0.25, 0.3) is 11.1 Å². The minimum absolute atomic E-state index is 0.0226. The van der Waals surface area contributed by atoms with Gasteiger partial charge < -0.3 is 15.4 Å². The topological polar surface area (TPSA) is 76.1 Å². The zero-order valence-electron chi connectivity index (χ0n) is 15.3. The number of rotatable bonds is 8. The monoisotopic (exact) mass is 412 g/mol. The SMILES string of the molecule is COCCNc1nnc(SCC(=O)NC2c3ccccc3-c3ccccc32)s1. The van der Waals surface area contributed by atoms with E-state index in [1.165, 1.54) is 34.2 Å². The number of fused-ring (bicyclic) bond motifs is 3. The quantitative estimate of drug-likeness (QED) is 0.435. The Balaban J connectivity index is 1.38. The van der Waals surface area contributed by atoms with Gasteiger partial charge in [-0.15, -0.1) is 10.2 Å². The molecule has 28 heavy (non-hydrogen) atoms. The molecule has 3 aromatic rings. The van der Waals surface area contributed by atoms with Crippen LogP contribution in [0.2, 0.25) is 0 Å². The Morgan fingerprint density at radius 3 is 2.46 bits per heavy atom. The van der Waals surface area contributed by atoms with E-state index in [-0.39, 0.29) is 11.9 Å². The van der Waals surface area contributed by atoms with Crippen molar-refractivity contribution in [1.82, 2.24) is 15.5 Å². The van der Waals surface area contributed by atoms with Gasteiger partial charge in [0.05, 0.1) is 18.4 Å². The maximum atomic E-state index is 12.6. The van der Waals surface area contributed by atoms with Crippen LogP contribution in [0.4, 0.5) is 5.13 Å². The molecule has 0 saturated heterocycles. The summed E-state index contributed by atoms with van der Waals surface area (Å²) in [5.74, 6) is 0.277. The van der Waals surface area contributed by atoms with Crippen LogP contribution in [0.15, 0.2) is 52.9 Å². The van der Waals surface area contributed by atoms with Crippen molar-refractivity contribution in [1.29, 1.82) is 0 Å². The van der Waals surface area contributed by atoms with Crippen LogP contribution in [0.5, 0.6) is 0 Å². The summed E-state index contributed by atoms with van der Waals surface area (Å²) in [6.45, 7) is 1.28. The summed E-state index contributed by atoms with van der Waals surface area (Å²) in [5.41, 5.74) is 4.66. The molecular weight excluding hydrogens is 392 g/mol. The number of aromatic nitrogens is 2. The normalized spacial score (nSPS) is 12.5. The molecule has 4 rings (SSSR count). The Morgan fingerprint density at radius 2 is 1.79 bits per heavy atom. The van der Waals surface area contributed by atoms with Crippen LogP contribution in [-0.4, -0.2) is 42.1 Å². The molecule has 1 aromatic heterocycles. The minimum atomic E-state index is -0.110. The first-order valence-electron chi connectivity index (χ1n) is 8.93. The van der Waals surface area contributed by atoms with Crippen LogP contribution in [0.3, 0.4) is 0 Å². The van der Waals surface area contributed by atoms with E-state index in [0.29, 0.717) is 18.9 Å². The Hall–Kier alpha value is -2.42. The molecule has 8 heteroatoms. The van der Waals surface area contributed by atoms with Gasteiger partial charge in [-0.2, -0.15) is 0 Å². The largest absolute Gasteiger partial charge is 0.383 e. The van der Waals surface area contributed by atoms with Crippen LogP contribution < -0.4 is 10.6 Å². The molecule has 1 amide bonds. The Bertz CT molecular complexity index is 931. The molecule has 0 radical (unpaired) electrons. The third kappa shape index (κ3) is 4.04. The fourth-order valence-corrected chi connectivity index (χ4v) is 4.83. The number of hydrogen-bond donors (Lipinski definition) is 2. The minimum Gasteiger partial charge on any atom is -0.383 e. The average molecular weight is 413 g/mol. The van der Waals surface area contributed by atoms with Gasteiger partial charge in [-0.3, -0.25) is 4.79 Å². The van der Waals surface area contributed by atoms with E-state index in [1.807, 2.05) is 24.3 Å². The van der Waals surface area contributed by atoms with Gasteiger partial charge in [0.25, 0.3) is 0 Å². The summed E-state index contributed by atoms with van der Waals surface area (Å²) < 4.78 is 5.76. The van der Waals surface area contributed by atoms with Gasteiger partial charge in [-0.25, -0.2) is 0 Å². The number of anilines is 1. The Kier molecular flexibility index (Phi) is 5.90. The number of carbonyl (C=O) groups excluding carboxylic acids is 1. The highest BCUT2D eigenvalue weighted by molar-refractivity contribution is 8.01. The maximum absolute atomic E-state index is 12.6. The lowest BCUT2D eigenvalue weighted by atomic mass is 10.1. The molecule has 1 heterocycles. The van der Waals surface area contributed by atoms with Gasteiger partial charge in [0.1, 0.15) is 0 Å². The molecule has 2 N–H and O–H groups in total. The van der Waals surface area contributed by atoms with E-state index in [1.54, 1.807) is 7.11 Å². The van der Waals surface area contributed by atoms with Gasteiger partial charge in [0.2, 0.25) is 11.0 Å². The fraction of sp³-hybridized carbons (Fsp3) is 0.250. The molecule has 6 nitrogen and oxygen atoms in total. The number of hydrogen-bond acceptors (Lipinski definition) is 7. The van der Waals surface area contributed by atoms with Crippen LogP contribution in [0.1, 0.15) is 17.2 Å². The highest BCUT2D eigenvalue weighted by Crippen LogP contribution is 2.43. The summed E-state index contributed by atoms with van der Waals surface area (Å²) in [7, 11) is 1.66. The fourth-order valence-electron chi connectivity index (χ4n) is 3.24. The molecule has 2 aromatic carbocycles. The van der Waals surface area contributed by atoms with Crippen molar-refractivity contribution < 1.29 is 9.53 Å². The standard InChI is InChI=1S/C20H20N4O2S2/c1-26-11-10-21-19-23-24-20(28-19)27-12-17(25)22-18-15-8-4-2-6-13(15)14-7-3-5-9-16(14)18/h2-9,18H,10-12H2,1H3,(H,21,23)(H,22,25). The lowest BCUT2D eigenvalue weighted by molar-refractivity contribution is -0.119. The third-order valence-electron chi connectivity index (χ3n) is 4.45. The third-order valence-corrected chi connectivity index (χ3v) is 6.47. The van der Waals surface area contributed by atoms with Gasteiger partial charge in [0, 0.05) is 13.7 Å². The second-order valence-corrected chi connectivity index (χ2v) is 8.46. The number of methoxy groups -OCH3 is 1. The van der Waals surface area contributed by atoms with E-state index >= 15 is 0 Å². The van der Waals surface area contributed by atoms with Crippen LogP contribution in [0, 0.1) is 0 Å². The van der Waals surface area contributed by atoms with Crippen molar-refractivity contribution in [3.63, 3.8) is 0 Å². The van der Waals surface area contributed by atoms with Gasteiger partial charge in [-0.1, -0.05) is 71.6 Å². The van der Waals surface area contributed by atoms with Gasteiger partial charge in [-0.05, 0) is 22.3 Å². The molecular formula is C20H20N4O2S2. The van der Waals surface area contributed by atoms with E-state index in [2.05, 4.69) is 45.1 Å². The van der Waals surface area contributed by atoms with Crippen LogP contribution in [-0.2, 0) is 9.53 Å². The first-order valence-corrected chi connectivity index (χ1v) is 10.7. The summed E-state index contributed by atoms with van der Waals surface area (Å²) in [6, 6.07) is 16.3. The molecule has 0 fully saturated rings. The Morgan fingerprint density at radius 1 is 1.11 bits per heavy atom. The second kappa shape index (κ2) is 8.72. The molecule has 1 aliphatic carbocycles. The number of ether oxygens (including phenoxy) is 1. The molecule has 1 aliphatic rings. The lowest BCUT2D eigenvalue weighted by Gasteiger charge is -2.15. The molecule has 0 saturated carbocycles. The van der Waals surface area contributed by atoms with Crippen molar-refractivity contribution in [2.45, 2.75) is 10.4 Å². The van der Waals surface area contributed by atoms with Crippen LogP contribution >= 0.6 is 23.1 Å². The average Bonchev–Trinajstić information content (AvgIpc) is 3.30. The predicted molar refractivity (Wildman–Crippen MR) is 113 cm³/mol. The molecule has 0 aliphatic heterocycles. The van der Waals surface area contributed by atoms with E-state index in [4.69, 9.17) is 4.74 Å². The number of benzene rings is 2. The first kappa shape index (κ1) is 18.9. The molecule has 0 bridgehead atoms. The van der Waals surface area contributed by atoms with E-state index < -0.39 is 0 Å². The van der Waals surface area contributed by atoms with E-state index in [9.17, 15) is 4.79 Å². The lowest BCUT2D eigenvalue weighted by Crippen LogP contribution is -2.29. The summed E-state index contributed by atoms with van der Waals surface area (Å²) in [6.07, 6.45) is 0. The molecule has 0 atom stereocenters. The van der Waals surface area contributed by atoms with Crippen molar-refractivity contribution in [2.24, 2.45) is 0 Å². The number of amides is 1.